The van der Waals surface area contributed by atoms with E-state index >= 15 is 0 Å². The molecule has 0 aromatic heterocycles. The second-order valence-electron chi connectivity index (χ2n) is 13.7. The van der Waals surface area contributed by atoms with E-state index in [2.05, 4.69) is 44.4 Å². The Hall–Kier alpha value is -2.56. The topological polar surface area (TPSA) is 79.7 Å². The molecule has 2 aromatic rings. The van der Waals surface area contributed by atoms with E-state index in [1.807, 2.05) is 58.3 Å². The summed E-state index contributed by atoms with van der Waals surface area (Å²) in [4.78, 5) is 43.2. The van der Waals surface area contributed by atoms with Crippen LogP contribution in [0.5, 0.6) is 0 Å². The second-order valence-corrected chi connectivity index (χ2v) is 15.6. The third-order valence-corrected chi connectivity index (χ3v) is 11.8. The van der Waals surface area contributed by atoms with Crippen LogP contribution in [0.1, 0.15) is 71.0 Å². The summed E-state index contributed by atoms with van der Waals surface area (Å²) in [5.74, 6) is -0.0218. The number of carbonyl (C=O) groups excluding carboxylic acids is 2. The summed E-state index contributed by atoms with van der Waals surface area (Å²) < 4.78 is 0. The molecule has 1 N–H and O–H groups in total. The predicted molar refractivity (Wildman–Crippen MR) is 190 cm³/mol. The number of amidine groups is 1. The lowest BCUT2D eigenvalue weighted by Crippen LogP contribution is -2.58. The normalized spacial score (nSPS) is 28.0. The van der Waals surface area contributed by atoms with Crippen LogP contribution in [0.15, 0.2) is 64.1 Å². The zero-order valence-electron chi connectivity index (χ0n) is 27.8. The number of benzene rings is 2. The third kappa shape index (κ3) is 6.34. The van der Waals surface area contributed by atoms with Crippen LogP contribution in [0.3, 0.4) is 0 Å². The molecule has 0 bridgehead atoms. The molecular weight excluding hydrogens is 653 g/mol. The first kappa shape index (κ1) is 34.3. The van der Waals surface area contributed by atoms with E-state index in [0.29, 0.717) is 34.5 Å². The Bertz CT molecular complexity index is 1570. The van der Waals surface area contributed by atoms with Crippen LogP contribution in [0.2, 0.25) is 10.0 Å². The van der Waals surface area contributed by atoms with Crippen LogP contribution in [0, 0.1) is 5.92 Å². The molecule has 0 aliphatic carbocycles. The van der Waals surface area contributed by atoms with Crippen molar-refractivity contribution in [1.29, 1.82) is 0 Å². The lowest BCUT2D eigenvalue weighted by Gasteiger charge is -2.42. The number of hydrogen-bond donors (Lipinski definition) is 1. The number of allylic oxidation sites excluding steroid dienone is 1. The Morgan fingerprint density at radius 2 is 1.66 bits per heavy atom. The smallest absolute Gasteiger partial charge is 0.263 e. The molecule has 4 aliphatic heterocycles. The summed E-state index contributed by atoms with van der Waals surface area (Å²) in [6, 6.07) is 15.2. The zero-order chi connectivity index (χ0) is 33.6. The molecule has 4 heterocycles. The first-order chi connectivity index (χ1) is 22.4. The van der Waals surface area contributed by atoms with Gasteiger partial charge in [0, 0.05) is 60.6 Å². The van der Waals surface area contributed by atoms with Crippen molar-refractivity contribution in [2.75, 3.05) is 32.8 Å². The minimum atomic E-state index is -0.648. The molecule has 47 heavy (non-hydrogen) atoms. The third-order valence-electron chi connectivity index (χ3n) is 10.2. The number of halogens is 2. The SMILES string of the molecule is CC(C)C1=C(C(=O)N2[C@H](C)CC[C@@H]2C(=O)N2CCN(CCCO)[C@H](C)C2)SC2=N[C@@](C)(c3ccc(Cl)cc3)[C@@H](c3ccc(Cl)cc3)N21. The van der Waals surface area contributed by atoms with E-state index in [-0.39, 0.29) is 42.5 Å². The molecule has 2 saturated heterocycles. The van der Waals surface area contributed by atoms with Gasteiger partial charge in [0.1, 0.15) is 16.5 Å². The number of piperazine rings is 1. The number of nitrogens with zero attached hydrogens (tertiary/aromatic N) is 5. The maximum absolute atomic E-state index is 14.7. The number of fused-ring (bicyclic) bond motifs is 1. The summed E-state index contributed by atoms with van der Waals surface area (Å²) in [5, 5.41) is 11.4. The van der Waals surface area contributed by atoms with E-state index in [0.717, 1.165) is 47.9 Å². The molecule has 8 nitrogen and oxygen atoms in total. The maximum atomic E-state index is 14.7. The Labute approximate surface area is 292 Å². The standard InChI is InChI=1S/C36H45Cl2N5O3S/c1-22(2)30-31(34(46)42-23(3)7-16-29(42)33(45)41-19-18-40(17-6-20-44)24(4)21-41)47-35-39-36(5,26-10-14-28(38)15-11-26)32(43(30)35)25-8-12-27(37)13-9-25/h8-15,22-24,29,32,44H,6-7,16-21H2,1-5H3/t23-,24-,29-,32-,36+/m1/s1. The number of hydrogen-bond acceptors (Lipinski definition) is 7. The minimum Gasteiger partial charge on any atom is -0.396 e. The van der Waals surface area contributed by atoms with Crippen molar-refractivity contribution in [3.8, 4) is 0 Å². The number of likely N-dealkylation sites (tertiary alicyclic amines) is 1. The summed E-state index contributed by atoms with van der Waals surface area (Å²) in [6.45, 7) is 13.6. The molecule has 2 amide bonds. The summed E-state index contributed by atoms with van der Waals surface area (Å²) >= 11 is 14.1. The van der Waals surface area contributed by atoms with E-state index < -0.39 is 11.6 Å². The van der Waals surface area contributed by atoms with Crippen molar-refractivity contribution >= 4 is 51.9 Å². The van der Waals surface area contributed by atoms with Crippen LogP contribution in [-0.4, -0.2) is 92.6 Å². The summed E-state index contributed by atoms with van der Waals surface area (Å²) in [5.41, 5.74) is 2.37. The predicted octanol–water partition coefficient (Wildman–Crippen LogP) is 6.53. The van der Waals surface area contributed by atoms with Crippen molar-refractivity contribution in [3.05, 3.63) is 80.3 Å². The van der Waals surface area contributed by atoms with Gasteiger partial charge < -0.3 is 19.8 Å². The fraction of sp³-hybridized carbons (Fsp3) is 0.528. The Kier molecular flexibility index (Phi) is 10.0. The van der Waals surface area contributed by atoms with Crippen molar-refractivity contribution < 1.29 is 14.7 Å². The van der Waals surface area contributed by atoms with Gasteiger partial charge in [-0.25, -0.2) is 4.99 Å². The van der Waals surface area contributed by atoms with Gasteiger partial charge in [0.15, 0.2) is 5.17 Å². The highest BCUT2D eigenvalue weighted by Crippen LogP contribution is 2.56. The van der Waals surface area contributed by atoms with Gasteiger partial charge in [-0.1, -0.05) is 61.3 Å². The van der Waals surface area contributed by atoms with Crippen molar-refractivity contribution in [2.45, 2.75) is 83.6 Å². The quantitative estimate of drug-likeness (QED) is 0.338. The Morgan fingerprint density at radius 1 is 1.00 bits per heavy atom. The molecule has 0 radical (unpaired) electrons. The van der Waals surface area contributed by atoms with Crippen molar-refractivity contribution in [3.63, 3.8) is 0 Å². The number of carbonyl (C=O) groups is 2. The maximum Gasteiger partial charge on any atom is 0.263 e. The summed E-state index contributed by atoms with van der Waals surface area (Å²) in [6.07, 6.45) is 2.17. The highest BCUT2D eigenvalue weighted by Gasteiger charge is 2.54. The van der Waals surface area contributed by atoms with Crippen LogP contribution in [0.25, 0.3) is 0 Å². The summed E-state index contributed by atoms with van der Waals surface area (Å²) in [7, 11) is 0. The molecule has 4 aliphatic rings. The molecule has 252 valence electrons. The van der Waals surface area contributed by atoms with Gasteiger partial charge in [-0.15, -0.1) is 0 Å². The van der Waals surface area contributed by atoms with Gasteiger partial charge in [0.2, 0.25) is 5.91 Å². The van der Waals surface area contributed by atoms with Gasteiger partial charge in [-0.3, -0.25) is 14.5 Å². The molecule has 5 atom stereocenters. The number of aliphatic hydroxyl groups is 1. The molecule has 2 aromatic carbocycles. The molecule has 0 unspecified atom stereocenters. The van der Waals surface area contributed by atoms with Gasteiger partial charge in [0.05, 0.1) is 6.04 Å². The molecule has 2 fully saturated rings. The molecule has 6 rings (SSSR count). The Balaban J connectivity index is 1.33. The van der Waals surface area contributed by atoms with Gasteiger partial charge in [0.25, 0.3) is 5.91 Å². The van der Waals surface area contributed by atoms with Gasteiger partial charge >= 0.3 is 0 Å². The zero-order valence-corrected chi connectivity index (χ0v) is 30.2. The van der Waals surface area contributed by atoms with E-state index in [1.165, 1.54) is 11.8 Å². The largest absolute Gasteiger partial charge is 0.396 e. The number of rotatable bonds is 8. The lowest BCUT2D eigenvalue weighted by molar-refractivity contribution is -0.145. The fourth-order valence-electron chi connectivity index (χ4n) is 7.76. The first-order valence-electron chi connectivity index (χ1n) is 16.7. The lowest BCUT2D eigenvalue weighted by atomic mass is 9.81. The second kappa shape index (κ2) is 13.7. The van der Waals surface area contributed by atoms with Crippen LogP contribution >= 0.6 is 35.0 Å². The number of thioether (sulfide) groups is 1. The van der Waals surface area contributed by atoms with Crippen molar-refractivity contribution in [1.82, 2.24) is 19.6 Å². The van der Waals surface area contributed by atoms with Crippen molar-refractivity contribution in [2.24, 2.45) is 10.9 Å². The van der Waals surface area contributed by atoms with E-state index in [4.69, 9.17) is 28.2 Å². The minimum absolute atomic E-state index is 0.0245. The first-order valence-corrected chi connectivity index (χ1v) is 18.3. The van der Waals surface area contributed by atoms with Gasteiger partial charge in [-0.2, -0.15) is 0 Å². The molecule has 11 heteroatoms. The molecule has 0 spiro atoms. The van der Waals surface area contributed by atoms with Crippen LogP contribution in [-0.2, 0) is 15.1 Å². The molecular formula is C36H45Cl2N5O3S. The van der Waals surface area contributed by atoms with E-state index in [9.17, 15) is 14.7 Å². The average Bonchev–Trinajstić information content (AvgIpc) is 3.70. The van der Waals surface area contributed by atoms with Crippen LogP contribution in [0.4, 0.5) is 0 Å². The Morgan fingerprint density at radius 3 is 2.28 bits per heavy atom. The van der Waals surface area contributed by atoms with Gasteiger partial charge in [-0.05, 0) is 93.1 Å². The molecule has 0 saturated carbocycles. The fourth-order valence-corrected chi connectivity index (χ4v) is 9.37. The highest BCUT2D eigenvalue weighted by atomic mass is 35.5. The highest BCUT2D eigenvalue weighted by molar-refractivity contribution is 8.18. The van der Waals surface area contributed by atoms with Crippen LogP contribution < -0.4 is 0 Å². The monoisotopic (exact) mass is 697 g/mol. The number of amides is 2. The number of aliphatic hydroxyl groups excluding tert-OH is 1. The number of aliphatic imine (C=N–C) groups is 1. The average molecular weight is 699 g/mol. The van der Waals surface area contributed by atoms with E-state index in [1.54, 1.807) is 0 Å².